The average Bonchev–Trinajstić information content (AvgIpc) is 3.38. The monoisotopic (exact) mass is 496 g/mol. The Morgan fingerprint density at radius 3 is 2.70 bits per heavy atom. The van der Waals surface area contributed by atoms with E-state index in [0.29, 0.717) is 37.3 Å². The van der Waals surface area contributed by atoms with Crippen LogP contribution in [0.15, 0.2) is 73.1 Å². The predicted octanol–water partition coefficient (Wildman–Crippen LogP) is 3.73. The van der Waals surface area contributed by atoms with Gasteiger partial charge in [0.2, 0.25) is 5.91 Å². The number of carbonyl (C=O) groups excluding carboxylic acids is 2. The smallest absolute Gasteiger partial charge is 0.255 e. The maximum Gasteiger partial charge on any atom is 0.255 e. The van der Waals surface area contributed by atoms with E-state index in [1.807, 2.05) is 35.2 Å². The van der Waals surface area contributed by atoms with Crippen LogP contribution in [0.2, 0.25) is 0 Å². The van der Waals surface area contributed by atoms with E-state index in [4.69, 9.17) is 5.73 Å². The number of aromatic nitrogens is 2. The molecule has 1 aromatic heterocycles. The van der Waals surface area contributed by atoms with Gasteiger partial charge in [0.05, 0.1) is 23.8 Å². The first-order chi connectivity index (χ1) is 18.0. The fourth-order valence-corrected chi connectivity index (χ4v) is 4.94. The van der Waals surface area contributed by atoms with Gasteiger partial charge in [-0.2, -0.15) is 0 Å². The van der Waals surface area contributed by atoms with Gasteiger partial charge in [0, 0.05) is 42.6 Å². The zero-order valence-corrected chi connectivity index (χ0v) is 21.0. The third-order valence-corrected chi connectivity index (χ3v) is 6.92. The fraction of sp³-hybridized carbons (Fsp3) is 0.276. The quantitative estimate of drug-likeness (QED) is 0.361. The number of piperazine rings is 1. The number of benzene rings is 3. The molecule has 1 aliphatic heterocycles. The second kappa shape index (κ2) is 10.8. The summed E-state index contributed by atoms with van der Waals surface area (Å²) in [6.45, 7) is 4.81. The Bertz CT molecular complexity index is 1400. The number of carbonyl (C=O) groups is 2. The lowest BCUT2D eigenvalue weighted by atomic mass is 10.0. The van der Waals surface area contributed by atoms with Gasteiger partial charge in [-0.15, -0.1) is 0 Å². The number of fused-ring (bicyclic) bond motifs is 1. The van der Waals surface area contributed by atoms with Gasteiger partial charge in [0.25, 0.3) is 5.91 Å². The average molecular weight is 497 g/mol. The van der Waals surface area contributed by atoms with Crippen LogP contribution in [-0.2, 0) is 11.2 Å². The lowest BCUT2D eigenvalue weighted by Crippen LogP contribution is -2.55. The van der Waals surface area contributed by atoms with Gasteiger partial charge < -0.3 is 25.8 Å². The molecule has 4 N–H and O–H groups in total. The molecule has 0 spiro atoms. The van der Waals surface area contributed by atoms with Crippen molar-refractivity contribution in [2.75, 3.05) is 36.4 Å². The van der Waals surface area contributed by atoms with Crippen LogP contribution in [-0.4, -0.2) is 58.9 Å². The van der Waals surface area contributed by atoms with Crippen molar-refractivity contribution >= 4 is 34.2 Å². The van der Waals surface area contributed by atoms with E-state index >= 15 is 0 Å². The summed E-state index contributed by atoms with van der Waals surface area (Å²) in [6.07, 6.45) is 2.76. The van der Waals surface area contributed by atoms with Gasteiger partial charge in [0.1, 0.15) is 0 Å². The first-order valence-corrected chi connectivity index (χ1v) is 12.6. The second-order valence-corrected chi connectivity index (χ2v) is 9.57. The fourth-order valence-electron chi connectivity index (χ4n) is 4.94. The van der Waals surface area contributed by atoms with Crippen LogP contribution in [0.25, 0.3) is 11.0 Å². The highest BCUT2D eigenvalue weighted by Crippen LogP contribution is 2.24. The zero-order valence-electron chi connectivity index (χ0n) is 21.0. The zero-order chi connectivity index (χ0) is 25.8. The van der Waals surface area contributed by atoms with Crippen molar-refractivity contribution in [3.8, 4) is 0 Å². The van der Waals surface area contributed by atoms with Crippen molar-refractivity contribution < 1.29 is 9.59 Å². The van der Waals surface area contributed by atoms with E-state index in [1.165, 1.54) is 11.3 Å². The topological polar surface area (TPSA) is 107 Å². The van der Waals surface area contributed by atoms with Crippen molar-refractivity contribution in [3.63, 3.8) is 0 Å². The molecule has 0 bridgehead atoms. The minimum atomic E-state index is -0.197. The minimum absolute atomic E-state index is 0.107. The summed E-state index contributed by atoms with van der Waals surface area (Å²) in [5.41, 5.74) is 12.1. The van der Waals surface area contributed by atoms with Crippen LogP contribution in [0.4, 0.5) is 11.4 Å². The number of rotatable bonds is 7. The Labute approximate surface area is 216 Å². The highest BCUT2D eigenvalue weighted by molar-refractivity contribution is 6.05. The molecule has 2 amide bonds. The number of imidazole rings is 1. The summed E-state index contributed by atoms with van der Waals surface area (Å²) in [4.78, 5) is 37.3. The number of hydrogen-bond donors (Lipinski definition) is 3. The largest absolute Gasteiger partial charge is 0.365 e. The van der Waals surface area contributed by atoms with Crippen LogP contribution < -0.4 is 16.0 Å². The number of H-pyrrole nitrogens is 1. The molecule has 5 rings (SSSR count). The maximum absolute atomic E-state index is 13.1. The van der Waals surface area contributed by atoms with Crippen LogP contribution >= 0.6 is 0 Å². The summed E-state index contributed by atoms with van der Waals surface area (Å²) in [6, 6.07) is 21.5. The number of nitrogens with one attached hydrogen (secondary N) is 2. The Hall–Kier alpha value is -4.17. The molecule has 1 unspecified atom stereocenters. The predicted molar refractivity (Wildman–Crippen MR) is 147 cm³/mol. The van der Waals surface area contributed by atoms with Gasteiger partial charge in [-0.3, -0.25) is 9.59 Å². The molecular weight excluding hydrogens is 464 g/mol. The number of anilines is 2. The lowest BCUT2D eigenvalue weighted by Gasteiger charge is -2.43. The number of hydrogen-bond acceptors (Lipinski definition) is 5. The normalized spacial score (nSPS) is 15.7. The number of amides is 2. The summed E-state index contributed by atoms with van der Waals surface area (Å²) in [5, 5.41) is 2.92. The van der Waals surface area contributed by atoms with Gasteiger partial charge in [-0.25, -0.2) is 4.98 Å². The van der Waals surface area contributed by atoms with E-state index < -0.39 is 0 Å². The van der Waals surface area contributed by atoms with Gasteiger partial charge in [0.15, 0.2) is 0 Å². The molecule has 1 aliphatic rings. The number of aryl methyl sites for hydroxylation is 1. The van der Waals surface area contributed by atoms with E-state index in [1.54, 1.807) is 18.5 Å². The molecule has 0 saturated carbocycles. The van der Waals surface area contributed by atoms with Crippen LogP contribution in [0, 0.1) is 6.92 Å². The van der Waals surface area contributed by atoms with Gasteiger partial charge in [-0.05, 0) is 73.5 Å². The highest BCUT2D eigenvalue weighted by Gasteiger charge is 2.29. The SMILES string of the molecule is Cc1cccc(N2CCN(C(=O)Cc3ccc(NC(=O)c4ccc5nc[nH]c5c4)cc3)CC2CCN)c1. The Kier molecular flexibility index (Phi) is 7.18. The lowest BCUT2D eigenvalue weighted by molar-refractivity contribution is -0.131. The Morgan fingerprint density at radius 2 is 1.92 bits per heavy atom. The molecule has 8 heteroatoms. The standard InChI is InChI=1S/C29H32N6O2/c1-20-3-2-4-24(15-20)35-14-13-34(18-25(35)11-12-30)28(36)16-21-5-8-23(9-6-21)33-29(37)22-7-10-26-27(17-22)32-19-31-26/h2-10,15,17,19,25H,11-14,16,18,30H2,1H3,(H,31,32)(H,33,37). The van der Waals surface area contributed by atoms with Crippen molar-refractivity contribution in [2.24, 2.45) is 5.73 Å². The van der Waals surface area contributed by atoms with E-state index in [0.717, 1.165) is 29.6 Å². The molecule has 3 aromatic carbocycles. The molecule has 2 heterocycles. The number of nitrogens with zero attached hydrogens (tertiary/aromatic N) is 3. The van der Waals surface area contributed by atoms with Gasteiger partial charge >= 0.3 is 0 Å². The van der Waals surface area contributed by atoms with Crippen LogP contribution in [0.1, 0.15) is 27.9 Å². The van der Waals surface area contributed by atoms with Crippen molar-refractivity contribution in [1.29, 1.82) is 0 Å². The summed E-state index contributed by atoms with van der Waals surface area (Å²) in [7, 11) is 0. The first-order valence-electron chi connectivity index (χ1n) is 12.6. The highest BCUT2D eigenvalue weighted by atomic mass is 16.2. The summed E-state index contributed by atoms with van der Waals surface area (Å²) >= 11 is 0. The van der Waals surface area contributed by atoms with Crippen LogP contribution in [0.5, 0.6) is 0 Å². The summed E-state index contributed by atoms with van der Waals surface area (Å²) in [5.74, 6) is -0.0895. The molecule has 1 atom stereocenters. The first kappa shape index (κ1) is 24.5. The molecule has 1 fully saturated rings. The molecule has 4 aromatic rings. The van der Waals surface area contributed by atoms with E-state index in [2.05, 4.69) is 51.4 Å². The van der Waals surface area contributed by atoms with E-state index in [9.17, 15) is 9.59 Å². The van der Waals surface area contributed by atoms with E-state index in [-0.39, 0.29) is 17.9 Å². The number of aromatic amines is 1. The Morgan fingerprint density at radius 1 is 1.08 bits per heavy atom. The summed E-state index contributed by atoms with van der Waals surface area (Å²) < 4.78 is 0. The second-order valence-electron chi connectivity index (χ2n) is 9.57. The minimum Gasteiger partial charge on any atom is -0.365 e. The molecule has 0 aliphatic carbocycles. The van der Waals surface area contributed by atoms with Crippen molar-refractivity contribution in [2.45, 2.75) is 25.8 Å². The third-order valence-electron chi connectivity index (χ3n) is 6.92. The van der Waals surface area contributed by atoms with Crippen molar-refractivity contribution in [3.05, 3.63) is 89.7 Å². The Balaban J connectivity index is 1.19. The maximum atomic E-state index is 13.1. The third kappa shape index (κ3) is 5.65. The molecular formula is C29H32N6O2. The molecule has 37 heavy (non-hydrogen) atoms. The molecule has 1 saturated heterocycles. The molecule has 0 radical (unpaired) electrons. The van der Waals surface area contributed by atoms with Crippen molar-refractivity contribution in [1.82, 2.24) is 14.9 Å². The van der Waals surface area contributed by atoms with Gasteiger partial charge in [-0.1, -0.05) is 24.3 Å². The number of nitrogens with two attached hydrogens (primary N) is 1. The van der Waals surface area contributed by atoms with Crippen LogP contribution in [0.3, 0.4) is 0 Å². The molecule has 190 valence electrons. The molecule has 8 nitrogen and oxygen atoms in total.